The third-order valence-corrected chi connectivity index (χ3v) is 5.36. The van der Waals surface area contributed by atoms with Gasteiger partial charge in [0.1, 0.15) is 5.82 Å². The van der Waals surface area contributed by atoms with E-state index >= 15 is 0 Å². The molecule has 3 aromatic rings. The molecule has 2 heterocycles. The Morgan fingerprint density at radius 2 is 1.79 bits per heavy atom. The number of carbonyl (C=O) groups excluding carboxylic acids is 1. The molecule has 0 N–H and O–H groups in total. The first-order valence-corrected chi connectivity index (χ1v) is 9.79. The van der Waals surface area contributed by atoms with Crippen LogP contribution in [0.15, 0.2) is 66.7 Å². The number of hydrogen-bond donors (Lipinski definition) is 0. The summed E-state index contributed by atoms with van der Waals surface area (Å²) in [5, 5.41) is 8.65. The van der Waals surface area contributed by atoms with Crippen molar-refractivity contribution >= 4 is 17.4 Å². The van der Waals surface area contributed by atoms with Crippen molar-refractivity contribution in [2.45, 2.75) is 12.8 Å². The molecule has 1 unspecified atom stereocenters. The van der Waals surface area contributed by atoms with E-state index in [0.717, 1.165) is 36.5 Å². The van der Waals surface area contributed by atoms with Crippen molar-refractivity contribution in [3.8, 4) is 11.3 Å². The summed E-state index contributed by atoms with van der Waals surface area (Å²) < 4.78 is 13.1. The quantitative estimate of drug-likeness (QED) is 0.671. The van der Waals surface area contributed by atoms with Gasteiger partial charge in [-0.3, -0.25) is 4.79 Å². The van der Waals surface area contributed by atoms with E-state index < -0.39 is 0 Å². The minimum Gasteiger partial charge on any atom is -0.354 e. The number of anilines is 2. The predicted octanol–water partition coefficient (Wildman–Crippen LogP) is 4.16. The first-order chi connectivity index (χ1) is 14.1. The van der Waals surface area contributed by atoms with E-state index in [-0.39, 0.29) is 17.6 Å². The Morgan fingerprint density at radius 1 is 1.03 bits per heavy atom. The second kappa shape index (κ2) is 8.39. The SMILES string of the molecule is CN(C(=O)C1CCCN(c2ccc(-c3ccc(F)cc3)nn2)C1)c1ccccc1. The number of para-hydroxylation sites is 1. The molecule has 4 rings (SSSR count). The van der Waals surface area contributed by atoms with Crippen molar-refractivity contribution in [1.82, 2.24) is 10.2 Å². The average Bonchev–Trinajstić information content (AvgIpc) is 2.79. The maximum absolute atomic E-state index is 13.1. The van der Waals surface area contributed by atoms with Crippen molar-refractivity contribution < 1.29 is 9.18 Å². The predicted molar refractivity (Wildman–Crippen MR) is 112 cm³/mol. The van der Waals surface area contributed by atoms with Gasteiger partial charge in [-0.1, -0.05) is 18.2 Å². The van der Waals surface area contributed by atoms with Crippen LogP contribution < -0.4 is 9.80 Å². The van der Waals surface area contributed by atoms with Crippen LogP contribution in [0.4, 0.5) is 15.9 Å². The van der Waals surface area contributed by atoms with Crippen LogP contribution in [0.3, 0.4) is 0 Å². The van der Waals surface area contributed by atoms with Crippen molar-refractivity contribution in [2.75, 3.05) is 29.9 Å². The lowest BCUT2D eigenvalue weighted by atomic mass is 9.96. The molecule has 6 heteroatoms. The summed E-state index contributed by atoms with van der Waals surface area (Å²) in [7, 11) is 1.83. The number of amides is 1. The summed E-state index contributed by atoms with van der Waals surface area (Å²) in [6.45, 7) is 1.48. The van der Waals surface area contributed by atoms with Gasteiger partial charge in [-0.05, 0) is 61.4 Å². The van der Waals surface area contributed by atoms with Crippen LogP contribution in [0.2, 0.25) is 0 Å². The third kappa shape index (κ3) is 4.26. The molecule has 148 valence electrons. The summed E-state index contributed by atoms with van der Waals surface area (Å²) in [6.07, 6.45) is 1.80. The molecule has 2 aromatic carbocycles. The number of piperidine rings is 1. The van der Waals surface area contributed by atoms with Crippen LogP contribution in [0.1, 0.15) is 12.8 Å². The fourth-order valence-electron chi connectivity index (χ4n) is 3.71. The Hall–Kier alpha value is -3.28. The Kier molecular flexibility index (Phi) is 5.51. The van der Waals surface area contributed by atoms with Gasteiger partial charge in [0.15, 0.2) is 5.82 Å². The standard InChI is InChI=1S/C23H23FN4O/c1-27(20-7-3-2-4-8-20)23(29)18-6-5-15-28(16-18)22-14-13-21(25-26-22)17-9-11-19(24)12-10-17/h2-4,7-14,18H,5-6,15-16H2,1H3. The summed E-state index contributed by atoms with van der Waals surface area (Å²) in [5.41, 5.74) is 2.42. The molecule has 1 aromatic heterocycles. The van der Waals surface area contributed by atoms with Crippen LogP contribution in [0.25, 0.3) is 11.3 Å². The number of halogens is 1. The summed E-state index contributed by atoms with van der Waals surface area (Å²) >= 11 is 0. The van der Waals surface area contributed by atoms with Crippen molar-refractivity contribution in [2.24, 2.45) is 5.92 Å². The highest BCUT2D eigenvalue weighted by molar-refractivity contribution is 5.95. The van der Waals surface area contributed by atoms with E-state index in [1.807, 2.05) is 49.5 Å². The van der Waals surface area contributed by atoms with Gasteiger partial charge in [0.2, 0.25) is 5.91 Å². The highest BCUT2D eigenvalue weighted by Crippen LogP contribution is 2.25. The number of hydrogen-bond acceptors (Lipinski definition) is 4. The molecule has 0 aliphatic carbocycles. The summed E-state index contributed by atoms with van der Waals surface area (Å²) in [6, 6.07) is 19.7. The molecule has 1 saturated heterocycles. The third-order valence-electron chi connectivity index (χ3n) is 5.36. The van der Waals surface area contributed by atoms with Gasteiger partial charge >= 0.3 is 0 Å². The molecule has 1 aliphatic heterocycles. The van der Waals surface area contributed by atoms with Gasteiger partial charge in [0.05, 0.1) is 11.6 Å². The molecule has 1 fully saturated rings. The molecular weight excluding hydrogens is 367 g/mol. The van der Waals surface area contributed by atoms with E-state index in [4.69, 9.17) is 0 Å². The molecule has 0 saturated carbocycles. The van der Waals surface area contributed by atoms with Crippen molar-refractivity contribution in [1.29, 1.82) is 0 Å². The second-order valence-corrected chi connectivity index (χ2v) is 7.30. The maximum Gasteiger partial charge on any atom is 0.231 e. The van der Waals surface area contributed by atoms with Crippen LogP contribution in [0.5, 0.6) is 0 Å². The number of benzene rings is 2. The van der Waals surface area contributed by atoms with E-state index in [9.17, 15) is 9.18 Å². The topological polar surface area (TPSA) is 49.3 Å². The van der Waals surface area contributed by atoms with Crippen LogP contribution in [-0.4, -0.2) is 36.2 Å². The van der Waals surface area contributed by atoms with E-state index in [2.05, 4.69) is 15.1 Å². The summed E-state index contributed by atoms with van der Waals surface area (Å²) in [4.78, 5) is 16.8. The molecule has 1 amide bonds. The lowest BCUT2D eigenvalue weighted by Crippen LogP contribution is -2.44. The average molecular weight is 390 g/mol. The second-order valence-electron chi connectivity index (χ2n) is 7.30. The van der Waals surface area contributed by atoms with Crippen molar-refractivity contribution in [3.05, 3.63) is 72.5 Å². The lowest BCUT2D eigenvalue weighted by molar-refractivity contribution is -0.122. The normalized spacial score (nSPS) is 16.5. The van der Waals surface area contributed by atoms with Gasteiger partial charge in [0.25, 0.3) is 0 Å². The number of aromatic nitrogens is 2. The van der Waals surface area contributed by atoms with Crippen LogP contribution in [-0.2, 0) is 4.79 Å². The number of rotatable bonds is 4. The van der Waals surface area contributed by atoms with Gasteiger partial charge in [-0.15, -0.1) is 10.2 Å². The van der Waals surface area contributed by atoms with Crippen molar-refractivity contribution in [3.63, 3.8) is 0 Å². The Labute approximate surface area is 169 Å². The fourth-order valence-corrected chi connectivity index (χ4v) is 3.71. The first-order valence-electron chi connectivity index (χ1n) is 9.79. The monoisotopic (exact) mass is 390 g/mol. The molecular formula is C23H23FN4O. The van der Waals surface area contributed by atoms with E-state index in [1.165, 1.54) is 12.1 Å². The fraction of sp³-hybridized carbons (Fsp3) is 0.261. The Morgan fingerprint density at radius 3 is 2.48 bits per heavy atom. The molecule has 29 heavy (non-hydrogen) atoms. The zero-order chi connectivity index (χ0) is 20.2. The zero-order valence-corrected chi connectivity index (χ0v) is 16.3. The van der Waals surface area contributed by atoms with E-state index in [1.54, 1.807) is 17.0 Å². The lowest BCUT2D eigenvalue weighted by Gasteiger charge is -2.34. The Bertz CT molecular complexity index is 960. The first kappa shape index (κ1) is 19.1. The van der Waals surface area contributed by atoms with Crippen LogP contribution in [0, 0.1) is 11.7 Å². The smallest absolute Gasteiger partial charge is 0.231 e. The minimum absolute atomic E-state index is 0.0764. The van der Waals surface area contributed by atoms with Gasteiger partial charge in [-0.25, -0.2) is 4.39 Å². The number of carbonyl (C=O) groups is 1. The minimum atomic E-state index is -0.275. The summed E-state index contributed by atoms with van der Waals surface area (Å²) in [5.74, 6) is 0.530. The number of nitrogens with zero attached hydrogens (tertiary/aromatic N) is 4. The molecule has 0 radical (unpaired) electrons. The van der Waals surface area contributed by atoms with Gasteiger partial charge < -0.3 is 9.80 Å². The van der Waals surface area contributed by atoms with Gasteiger partial charge in [-0.2, -0.15) is 0 Å². The molecule has 5 nitrogen and oxygen atoms in total. The molecule has 1 aliphatic rings. The molecule has 0 spiro atoms. The van der Waals surface area contributed by atoms with Gasteiger partial charge in [0, 0.05) is 31.4 Å². The van der Waals surface area contributed by atoms with Crippen LogP contribution >= 0.6 is 0 Å². The zero-order valence-electron chi connectivity index (χ0n) is 16.3. The highest BCUT2D eigenvalue weighted by atomic mass is 19.1. The Balaban J connectivity index is 1.45. The molecule has 1 atom stereocenters. The maximum atomic E-state index is 13.1. The largest absolute Gasteiger partial charge is 0.354 e. The highest BCUT2D eigenvalue weighted by Gasteiger charge is 2.29. The molecule has 0 bridgehead atoms. The van der Waals surface area contributed by atoms with E-state index in [0.29, 0.717) is 12.2 Å².